The Morgan fingerprint density at radius 1 is 1.09 bits per heavy atom. The van der Waals surface area contributed by atoms with Gasteiger partial charge in [0.15, 0.2) is 11.6 Å². The van der Waals surface area contributed by atoms with E-state index in [0.29, 0.717) is 16.4 Å². The highest BCUT2D eigenvalue weighted by atomic mass is 79.9. The van der Waals surface area contributed by atoms with E-state index in [1.807, 2.05) is 24.3 Å². The van der Waals surface area contributed by atoms with Crippen LogP contribution in [0, 0.1) is 0 Å². The molecule has 0 fully saturated rings. The van der Waals surface area contributed by atoms with Crippen LogP contribution < -0.4 is 0 Å². The predicted octanol–water partition coefficient (Wildman–Crippen LogP) is 3.64. The van der Waals surface area contributed by atoms with Crippen LogP contribution >= 0.6 is 27.5 Å². The highest BCUT2D eigenvalue weighted by Crippen LogP contribution is 2.19. The molecule has 22 heavy (non-hydrogen) atoms. The average molecular weight is 378 g/mol. The Kier molecular flexibility index (Phi) is 4.31. The molecule has 3 rings (SSSR count). The van der Waals surface area contributed by atoms with Crippen LogP contribution in [0.1, 0.15) is 10.4 Å². The van der Waals surface area contributed by atoms with Crippen molar-refractivity contribution in [2.24, 2.45) is 0 Å². The lowest BCUT2D eigenvalue weighted by Gasteiger charge is -2.05. The molecule has 0 saturated carbocycles. The van der Waals surface area contributed by atoms with Crippen LogP contribution in [0.4, 0.5) is 0 Å². The first-order valence-corrected chi connectivity index (χ1v) is 7.61. The Hall–Kier alpha value is -2.05. The van der Waals surface area contributed by atoms with E-state index in [1.54, 1.807) is 24.3 Å². The summed E-state index contributed by atoms with van der Waals surface area (Å²) in [7, 11) is 0. The first-order chi connectivity index (χ1) is 10.6. The molecule has 7 heteroatoms. The standard InChI is InChI=1S/C15H10BrClN4O/c16-12-5-1-10(2-6-12)14(22)9-21-15(18-19-20-21)11-3-7-13(17)8-4-11/h1-8H,9H2. The topological polar surface area (TPSA) is 60.7 Å². The number of Topliss-reactive ketones (excluding diaryl/α,β-unsaturated/α-hetero) is 1. The summed E-state index contributed by atoms with van der Waals surface area (Å²) in [6.45, 7) is 0.0760. The summed E-state index contributed by atoms with van der Waals surface area (Å²) in [4.78, 5) is 12.3. The quantitative estimate of drug-likeness (QED) is 0.651. The number of ketones is 1. The highest BCUT2D eigenvalue weighted by molar-refractivity contribution is 9.10. The summed E-state index contributed by atoms with van der Waals surface area (Å²) < 4.78 is 2.40. The van der Waals surface area contributed by atoms with Crippen molar-refractivity contribution in [3.63, 3.8) is 0 Å². The summed E-state index contributed by atoms with van der Waals surface area (Å²) in [5.74, 6) is 0.470. The highest BCUT2D eigenvalue weighted by Gasteiger charge is 2.13. The van der Waals surface area contributed by atoms with E-state index in [-0.39, 0.29) is 12.3 Å². The molecule has 3 aromatic rings. The van der Waals surface area contributed by atoms with Gasteiger partial charge in [-0.25, -0.2) is 4.68 Å². The molecule has 110 valence electrons. The summed E-state index contributed by atoms with van der Waals surface area (Å²) in [5, 5.41) is 12.2. The predicted molar refractivity (Wildman–Crippen MR) is 86.7 cm³/mol. The van der Waals surface area contributed by atoms with E-state index in [1.165, 1.54) is 4.68 Å². The molecule has 0 saturated heterocycles. The Labute approximate surface area is 140 Å². The van der Waals surface area contributed by atoms with Crippen molar-refractivity contribution in [2.75, 3.05) is 0 Å². The van der Waals surface area contributed by atoms with Crippen LogP contribution in [0.15, 0.2) is 53.0 Å². The van der Waals surface area contributed by atoms with E-state index >= 15 is 0 Å². The molecule has 1 aromatic heterocycles. The van der Waals surface area contributed by atoms with E-state index in [9.17, 15) is 4.79 Å². The minimum Gasteiger partial charge on any atom is -0.292 e. The molecule has 0 atom stereocenters. The van der Waals surface area contributed by atoms with Gasteiger partial charge in [-0.1, -0.05) is 39.7 Å². The van der Waals surface area contributed by atoms with Crippen molar-refractivity contribution >= 4 is 33.3 Å². The number of hydrogen-bond donors (Lipinski definition) is 0. The number of nitrogens with zero attached hydrogens (tertiary/aromatic N) is 4. The minimum atomic E-state index is -0.0602. The maximum absolute atomic E-state index is 12.3. The minimum absolute atomic E-state index is 0.0602. The number of rotatable bonds is 4. The van der Waals surface area contributed by atoms with Gasteiger partial charge in [-0.2, -0.15) is 0 Å². The molecule has 0 aliphatic carbocycles. The summed E-state index contributed by atoms with van der Waals surface area (Å²) >= 11 is 9.22. The van der Waals surface area contributed by atoms with Crippen LogP contribution in [-0.2, 0) is 6.54 Å². The van der Waals surface area contributed by atoms with Gasteiger partial charge in [0.25, 0.3) is 0 Å². The summed E-state index contributed by atoms with van der Waals surface area (Å²) in [6, 6.07) is 14.3. The normalized spacial score (nSPS) is 10.6. The monoisotopic (exact) mass is 376 g/mol. The van der Waals surface area contributed by atoms with Crippen molar-refractivity contribution < 1.29 is 4.79 Å². The second-order valence-corrected chi connectivity index (χ2v) is 5.95. The number of hydrogen-bond acceptors (Lipinski definition) is 4. The van der Waals surface area contributed by atoms with Crippen LogP contribution in [0.2, 0.25) is 5.02 Å². The number of carbonyl (C=O) groups excluding carboxylic acids is 1. The third-order valence-corrected chi connectivity index (χ3v) is 3.87. The molecule has 5 nitrogen and oxygen atoms in total. The summed E-state index contributed by atoms with van der Waals surface area (Å²) in [6.07, 6.45) is 0. The number of tetrazole rings is 1. The second-order valence-electron chi connectivity index (χ2n) is 4.60. The van der Waals surface area contributed by atoms with Gasteiger partial charge in [-0.3, -0.25) is 4.79 Å². The van der Waals surface area contributed by atoms with Crippen molar-refractivity contribution in [1.82, 2.24) is 20.2 Å². The Bertz CT molecular complexity index is 799. The zero-order valence-corrected chi connectivity index (χ0v) is 13.6. The number of benzene rings is 2. The fraction of sp³-hybridized carbons (Fsp3) is 0.0667. The molecule has 0 amide bonds. The van der Waals surface area contributed by atoms with Gasteiger partial charge < -0.3 is 0 Å². The van der Waals surface area contributed by atoms with Crippen LogP contribution in [0.3, 0.4) is 0 Å². The largest absolute Gasteiger partial charge is 0.292 e. The number of carbonyl (C=O) groups is 1. The van der Waals surface area contributed by atoms with Gasteiger partial charge in [0, 0.05) is 20.6 Å². The molecule has 0 spiro atoms. The van der Waals surface area contributed by atoms with Crippen LogP contribution in [0.25, 0.3) is 11.4 Å². The van der Waals surface area contributed by atoms with Crippen molar-refractivity contribution in [2.45, 2.75) is 6.54 Å². The fourth-order valence-corrected chi connectivity index (χ4v) is 2.37. The van der Waals surface area contributed by atoms with Crippen molar-refractivity contribution in [1.29, 1.82) is 0 Å². The molecule has 0 unspecified atom stereocenters. The molecule has 1 heterocycles. The average Bonchev–Trinajstić information content (AvgIpc) is 2.97. The van der Waals surface area contributed by atoms with Gasteiger partial charge in [0.2, 0.25) is 0 Å². The first kappa shape index (κ1) is 14.9. The van der Waals surface area contributed by atoms with Gasteiger partial charge >= 0.3 is 0 Å². The molecule has 2 aromatic carbocycles. The van der Waals surface area contributed by atoms with Crippen molar-refractivity contribution in [3.8, 4) is 11.4 Å². The third kappa shape index (κ3) is 3.23. The van der Waals surface area contributed by atoms with Crippen LogP contribution in [0.5, 0.6) is 0 Å². The lowest BCUT2D eigenvalue weighted by atomic mass is 10.1. The molecular formula is C15H10BrClN4O. The lowest BCUT2D eigenvalue weighted by Crippen LogP contribution is -2.13. The van der Waals surface area contributed by atoms with E-state index in [4.69, 9.17) is 11.6 Å². The van der Waals surface area contributed by atoms with E-state index in [2.05, 4.69) is 31.5 Å². The lowest BCUT2D eigenvalue weighted by molar-refractivity contribution is 0.0967. The Morgan fingerprint density at radius 3 is 2.45 bits per heavy atom. The molecule has 0 radical (unpaired) electrons. The van der Waals surface area contributed by atoms with Gasteiger partial charge in [-0.15, -0.1) is 5.10 Å². The smallest absolute Gasteiger partial charge is 0.184 e. The molecule has 0 aliphatic heterocycles. The maximum Gasteiger partial charge on any atom is 0.184 e. The molecule has 0 N–H and O–H groups in total. The summed E-state index contributed by atoms with van der Waals surface area (Å²) in [5.41, 5.74) is 1.42. The van der Waals surface area contributed by atoms with Gasteiger partial charge in [0.1, 0.15) is 6.54 Å². The van der Waals surface area contributed by atoms with Crippen molar-refractivity contribution in [3.05, 3.63) is 63.6 Å². The van der Waals surface area contributed by atoms with Gasteiger partial charge in [0.05, 0.1) is 0 Å². The van der Waals surface area contributed by atoms with Crippen LogP contribution in [-0.4, -0.2) is 26.0 Å². The van der Waals surface area contributed by atoms with E-state index in [0.717, 1.165) is 10.0 Å². The second kappa shape index (κ2) is 6.37. The fourth-order valence-electron chi connectivity index (χ4n) is 1.98. The number of aromatic nitrogens is 4. The number of halogens is 2. The zero-order valence-electron chi connectivity index (χ0n) is 11.3. The maximum atomic E-state index is 12.3. The SMILES string of the molecule is O=C(Cn1nnnc1-c1ccc(Cl)cc1)c1ccc(Br)cc1. The zero-order chi connectivity index (χ0) is 15.5. The Balaban J connectivity index is 1.84. The molecular weight excluding hydrogens is 368 g/mol. The molecule has 0 aliphatic rings. The van der Waals surface area contributed by atoms with Gasteiger partial charge in [-0.05, 0) is 46.8 Å². The Morgan fingerprint density at radius 2 is 1.77 bits per heavy atom. The van der Waals surface area contributed by atoms with E-state index < -0.39 is 0 Å². The third-order valence-electron chi connectivity index (χ3n) is 3.09. The first-order valence-electron chi connectivity index (χ1n) is 6.44. The molecule has 0 bridgehead atoms.